The lowest BCUT2D eigenvalue weighted by Gasteiger charge is -2.07. The smallest absolute Gasteiger partial charge is 0.157 e. The fourth-order valence-electron chi connectivity index (χ4n) is 1.21. The Bertz CT molecular complexity index is 197. The van der Waals surface area contributed by atoms with E-state index < -0.39 is 0 Å². The summed E-state index contributed by atoms with van der Waals surface area (Å²) in [6, 6.07) is 1.30. The third-order valence-electron chi connectivity index (χ3n) is 2.35. The van der Waals surface area contributed by atoms with Crippen molar-refractivity contribution in [2.24, 2.45) is 10.9 Å². The highest BCUT2D eigenvalue weighted by Gasteiger charge is 2.26. The van der Waals surface area contributed by atoms with Crippen LogP contribution in [-0.2, 0) is 0 Å². The minimum absolute atomic E-state index is 0.552. The van der Waals surface area contributed by atoms with Crippen molar-refractivity contribution in [3.8, 4) is 0 Å². The van der Waals surface area contributed by atoms with Crippen LogP contribution < -0.4 is 5.32 Å². The van der Waals surface area contributed by atoms with E-state index in [4.69, 9.17) is 0 Å². The van der Waals surface area contributed by atoms with Gasteiger partial charge in [0, 0.05) is 11.8 Å². The number of nitrogens with zero attached hydrogens (tertiary/aromatic N) is 1. The van der Waals surface area contributed by atoms with Crippen LogP contribution in [0.3, 0.4) is 0 Å². The molecule has 1 saturated carbocycles. The topological polar surface area (TPSA) is 24.4 Å². The average Bonchev–Trinajstić information content (AvgIpc) is 2.66. The highest BCUT2D eigenvalue weighted by molar-refractivity contribution is 8.14. The van der Waals surface area contributed by atoms with Crippen LogP contribution in [0.2, 0.25) is 0 Å². The van der Waals surface area contributed by atoms with Gasteiger partial charge in [0.05, 0.1) is 6.04 Å². The third kappa shape index (κ3) is 1.94. The number of thioether (sulfide) groups is 1. The van der Waals surface area contributed by atoms with Crippen LogP contribution >= 0.6 is 11.8 Å². The van der Waals surface area contributed by atoms with Crippen molar-refractivity contribution in [3.05, 3.63) is 0 Å². The van der Waals surface area contributed by atoms with Crippen LogP contribution in [0.5, 0.6) is 0 Å². The first-order chi connectivity index (χ1) is 5.75. The Kier molecular flexibility index (Phi) is 2.31. The summed E-state index contributed by atoms with van der Waals surface area (Å²) in [6.07, 6.45) is 2.68. The van der Waals surface area contributed by atoms with Crippen LogP contribution in [0.1, 0.15) is 26.7 Å². The van der Waals surface area contributed by atoms with Gasteiger partial charge in [0.1, 0.15) is 0 Å². The van der Waals surface area contributed by atoms with Gasteiger partial charge in [-0.05, 0) is 18.8 Å². The SMILES string of the molecule is CC(C)[C@H]1CSC(NC2CC2)=N1. The van der Waals surface area contributed by atoms with Crippen molar-refractivity contribution in [3.63, 3.8) is 0 Å². The van der Waals surface area contributed by atoms with Crippen molar-refractivity contribution < 1.29 is 0 Å². The molecule has 12 heavy (non-hydrogen) atoms. The van der Waals surface area contributed by atoms with E-state index in [0.29, 0.717) is 12.0 Å². The van der Waals surface area contributed by atoms with E-state index in [2.05, 4.69) is 24.2 Å². The minimum Gasteiger partial charge on any atom is -0.362 e. The van der Waals surface area contributed by atoms with Crippen LogP contribution in [0.4, 0.5) is 0 Å². The standard InChI is InChI=1S/C9H16N2S/c1-6(2)8-5-12-9(11-8)10-7-3-4-7/h6-8H,3-5H2,1-2H3,(H,10,11)/t8-/m1/s1. The molecule has 0 aromatic carbocycles. The molecule has 0 saturated heterocycles. The maximum absolute atomic E-state index is 4.64. The molecule has 1 aliphatic carbocycles. The van der Waals surface area contributed by atoms with Gasteiger partial charge in [-0.1, -0.05) is 25.6 Å². The highest BCUT2D eigenvalue weighted by Crippen LogP contribution is 2.25. The summed E-state index contributed by atoms with van der Waals surface area (Å²) in [5, 5.41) is 4.64. The lowest BCUT2D eigenvalue weighted by atomic mass is 10.1. The van der Waals surface area contributed by atoms with Crippen LogP contribution in [0.15, 0.2) is 4.99 Å². The quantitative estimate of drug-likeness (QED) is 0.708. The molecule has 2 aliphatic rings. The fourth-order valence-corrected chi connectivity index (χ4v) is 2.46. The molecule has 0 bridgehead atoms. The maximum atomic E-state index is 4.64. The van der Waals surface area contributed by atoms with Gasteiger partial charge < -0.3 is 5.32 Å². The Hall–Kier alpha value is -0.180. The minimum atomic E-state index is 0.552. The highest BCUT2D eigenvalue weighted by atomic mass is 32.2. The molecule has 0 unspecified atom stereocenters. The summed E-state index contributed by atoms with van der Waals surface area (Å²) in [5.74, 6) is 1.86. The Morgan fingerprint density at radius 1 is 1.50 bits per heavy atom. The fraction of sp³-hybridized carbons (Fsp3) is 0.889. The first kappa shape index (κ1) is 8.42. The molecule has 3 heteroatoms. The van der Waals surface area contributed by atoms with Gasteiger partial charge in [0.2, 0.25) is 0 Å². The predicted octanol–water partition coefficient (Wildman–Crippen LogP) is 1.87. The van der Waals surface area contributed by atoms with E-state index in [1.165, 1.54) is 23.8 Å². The molecule has 0 radical (unpaired) electrons. The second-order valence-electron chi connectivity index (χ2n) is 3.98. The monoisotopic (exact) mass is 184 g/mol. The molecule has 68 valence electrons. The summed E-state index contributed by atoms with van der Waals surface area (Å²) in [5.41, 5.74) is 0. The number of amidine groups is 1. The van der Waals surface area contributed by atoms with Gasteiger partial charge in [-0.25, -0.2) is 0 Å². The Morgan fingerprint density at radius 3 is 2.75 bits per heavy atom. The summed E-state index contributed by atoms with van der Waals surface area (Å²) in [6.45, 7) is 4.49. The van der Waals surface area contributed by atoms with Gasteiger partial charge >= 0.3 is 0 Å². The first-order valence-electron chi connectivity index (χ1n) is 4.73. The summed E-state index contributed by atoms with van der Waals surface area (Å²) in [4.78, 5) is 4.64. The molecule has 1 heterocycles. The van der Waals surface area contributed by atoms with E-state index in [-0.39, 0.29) is 0 Å². The first-order valence-corrected chi connectivity index (χ1v) is 5.71. The summed E-state index contributed by atoms with van der Waals surface area (Å²) in [7, 11) is 0. The molecule has 1 N–H and O–H groups in total. The van der Waals surface area contributed by atoms with E-state index in [1.807, 2.05) is 11.8 Å². The Morgan fingerprint density at radius 2 is 2.25 bits per heavy atom. The second kappa shape index (κ2) is 3.29. The van der Waals surface area contributed by atoms with Gasteiger partial charge in [0.15, 0.2) is 5.17 Å². The van der Waals surface area contributed by atoms with Crippen molar-refractivity contribution in [2.75, 3.05) is 5.75 Å². The van der Waals surface area contributed by atoms with Crippen molar-refractivity contribution in [1.29, 1.82) is 0 Å². The summed E-state index contributed by atoms with van der Waals surface area (Å²) < 4.78 is 0. The molecule has 0 amide bonds. The zero-order valence-electron chi connectivity index (χ0n) is 7.71. The molecule has 0 aromatic heterocycles. The number of hydrogen-bond acceptors (Lipinski definition) is 3. The molecule has 0 spiro atoms. The zero-order valence-corrected chi connectivity index (χ0v) is 8.53. The number of rotatable bonds is 2. The van der Waals surface area contributed by atoms with Gasteiger partial charge in [0.25, 0.3) is 0 Å². The van der Waals surface area contributed by atoms with Crippen molar-refractivity contribution in [1.82, 2.24) is 5.32 Å². The Balaban J connectivity index is 1.86. The molecule has 1 fully saturated rings. The molecule has 2 nitrogen and oxygen atoms in total. The van der Waals surface area contributed by atoms with Gasteiger partial charge in [-0.15, -0.1) is 0 Å². The van der Waals surface area contributed by atoms with Gasteiger partial charge in [-0.3, -0.25) is 4.99 Å². The zero-order chi connectivity index (χ0) is 8.55. The lowest BCUT2D eigenvalue weighted by Crippen LogP contribution is -2.21. The second-order valence-corrected chi connectivity index (χ2v) is 4.98. The van der Waals surface area contributed by atoms with E-state index >= 15 is 0 Å². The summed E-state index contributed by atoms with van der Waals surface area (Å²) >= 11 is 1.89. The van der Waals surface area contributed by atoms with Crippen LogP contribution in [-0.4, -0.2) is 23.0 Å². The molecule has 2 rings (SSSR count). The van der Waals surface area contributed by atoms with E-state index in [1.54, 1.807) is 0 Å². The molecular weight excluding hydrogens is 168 g/mol. The molecule has 0 aromatic rings. The van der Waals surface area contributed by atoms with E-state index in [9.17, 15) is 0 Å². The van der Waals surface area contributed by atoms with E-state index in [0.717, 1.165) is 6.04 Å². The largest absolute Gasteiger partial charge is 0.362 e. The van der Waals surface area contributed by atoms with Crippen molar-refractivity contribution in [2.45, 2.75) is 38.8 Å². The number of aliphatic imine (C=N–C) groups is 1. The molecular formula is C9H16N2S. The van der Waals surface area contributed by atoms with Gasteiger partial charge in [-0.2, -0.15) is 0 Å². The van der Waals surface area contributed by atoms with Crippen molar-refractivity contribution >= 4 is 16.9 Å². The van der Waals surface area contributed by atoms with Crippen LogP contribution in [0.25, 0.3) is 0 Å². The molecule has 1 atom stereocenters. The van der Waals surface area contributed by atoms with Crippen LogP contribution in [0, 0.1) is 5.92 Å². The molecule has 1 aliphatic heterocycles. The Labute approximate surface area is 78.2 Å². The third-order valence-corrected chi connectivity index (χ3v) is 3.35. The maximum Gasteiger partial charge on any atom is 0.157 e. The average molecular weight is 184 g/mol. The lowest BCUT2D eigenvalue weighted by molar-refractivity contribution is 0.542. The number of nitrogens with one attached hydrogen (secondary N) is 1. The normalized spacial score (nSPS) is 29.2. The predicted molar refractivity (Wildman–Crippen MR) is 54.7 cm³/mol. The number of hydrogen-bond donors (Lipinski definition) is 1.